The van der Waals surface area contributed by atoms with Crippen molar-refractivity contribution in [2.45, 2.75) is 26.4 Å². The smallest absolute Gasteiger partial charge is 0.310 e. The summed E-state index contributed by atoms with van der Waals surface area (Å²) in [7, 11) is 0. The number of aryl methyl sites for hydroxylation is 1. The van der Waals surface area contributed by atoms with Crippen LogP contribution in [0.25, 0.3) is 0 Å². The molecule has 0 fully saturated rings. The molecule has 2 aromatic carbocycles. The Morgan fingerprint density at radius 3 is 2.61 bits per heavy atom. The van der Waals surface area contributed by atoms with E-state index < -0.39 is 18.0 Å². The molecule has 1 atom stereocenters. The van der Waals surface area contributed by atoms with Crippen molar-refractivity contribution < 1.29 is 23.9 Å². The molecule has 1 aliphatic rings. The minimum Gasteiger partial charge on any atom is -0.493 e. The predicted octanol–water partition coefficient (Wildman–Crippen LogP) is 2.68. The highest BCUT2D eigenvalue weighted by Gasteiger charge is 2.31. The van der Waals surface area contributed by atoms with Crippen molar-refractivity contribution in [3.63, 3.8) is 0 Å². The van der Waals surface area contributed by atoms with Gasteiger partial charge < -0.3 is 14.8 Å². The number of hydrogen-bond acceptors (Lipinski definition) is 5. The van der Waals surface area contributed by atoms with Gasteiger partial charge in [-0.05, 0) is 38.1 Å². The fourth-order valence-electron chi connectivity index (χ4n) is 2.84. The van der Waals surface area contributed by atoms with Crippen LogP contribution in [0.1, 0.15) is 18.9 Å². The van der Waals surface area contributed by atoms with E-state index >= 15 is 0 Å². The Balaban J connectivity index is 1.53. The first-order valence-electron chi connectivity index (χ1n) is 9.03. The van der Waals surface area contributed by atoms with Gasteiger partial charge in [0.2, 0.25) is 5.91 Å². The Hall–Kier alpha value is -3.35. The Kier molecular flexibility index (Phi) is 5.93. The summed E-state index contributed by atoms with van der Waals surface area (Å²) < 4.78 is 10.7. The Bertz CT molecular complexity index is 879. The molecule has 7 heteroatoms. The van der Waals surface area contributed by atoms with Gasteiger partial charge in [0.25, 0.3) is 5.91 Å². The van der Waals surface area contributed by atoms with Gasteiger partial charge >= 0.3 is 5.97 Å². The molecule has 0 aromatic heterocycles. The van der Waals surface area contributed by atoms with Crippen molar-refractivity contribution in [2.75, 3.05) is 23.4 Å². The van der Waals surface area contributed by atoms with E-state index in [1.54, 1.807) is 24.3 Å². The number of anilines is 2. The molecule has 0 aliphatic carbocycles. The lowest BCUT2D eigenvalue weighted by Gasteiger charge is -2.30. The molecule has 1 N–H and O–H groups in total. The average molecular weight is 382 g/mol. The quantitative estimate of drug-likeness (QED) is 0.777. The molecule has 1 aliphatic heterocycles. The van der Waals surface area contributed by atoms with Gasteiger partial charge in [-0.25, -0.2) is 0 Å². The molecule has 0 spiro atoms. The second kappa shape index (κ2) is 8.56. The molecule has 146 valence electrons. The molecule has 0 bridgehead atoms. The topological polar surface area (TPSA) is 84.9 Å². The standard InChI is InChI=1S/C21H22N2O5/c1-14-7-9-16(10-8-14)27-12-11-20(25)28-15(2)21(26)23-13-19(24)22-17-5-3-4-6-18(17)23/h3-10,15H,11-13H2,1-2H3,(H,22,24)/t15-/m0/s1. The van der Waals surface area contributed by atoms with Crippen LogP contribution in [-0.4, -0.2) is 37.0 Å². The van der Waals surface area contributed by atoms with Crippen molar-refractivity contribution in [3.8, 4) is 5.75 Å². The number of nitrogens with zero attached hydrogens (tertiary/aromatic N) is 1. The summed E-state index contributed by atoms with van der Waals surface area (Å²) in [5.41, 5.74) is 2.25. The van der Waals surface area contributed by atoms with Crippen LogP contribution in [-0.2, 0) is 19.1 Å². The van der Waals surface area contributed by atoms with Gasteiger partial charge in [0, 0.05) is 0 Å². The Morgan fingerprint density at radius 2 is 1.86 bits per heavy atom. The van der Waals surface area contributed by atoms with Gasteiger partial charge in [0.15, 0.2) is 6.10 Å². The summed E-state index contributed by atoms with van der Waals surface area (Å²) in [5, 5.41) is 2.71. The van der Waals surface area contributed by atoms with Crippen molar-refractivity contribution in [3.05, 3.63) is 54.1 Å². The molecule has 2 aromatic rings. The number of carbonyl (C=O) groups is 3. The number of esters is 1. The highest BCUT2D eigenvalue weighted by Crippen LogP contribution is 2.29. The second-order valence-electron chi connectivity index (χ2n) is 6.53. The van der Waals surface area contributed by atoms with Gasteiger partial charge in [-0.3, -0.25) is 19.3 Å². The third-order valence-electron chi connectivity index (χ3n) is 4.29. The summed E-state index contributed by atoms with van der Waals surface area (Å²) in [4.78, 5) is 37.9. The summed E-state index contributed by atoms with van der Waals surface area (Å²) >= 11 is 0. The lowest BCUT2D eigenvalue weighted by Crippen LogP contribution is -2.47. The lowest BCUT2D eigenvalue weighted by molar-refractivity contribution is -0.154. The summed E-state index contributed by atoms with van der Waals surface area (Å²) in [6.45, 7) is 3.51. The molecule has 0 saturated heterocycles. The minimum atomic E-state index is -1.01. The van der Waals surface area contributed by atoms with E-state index in [0.29, 0.717) is 17.1 Å². The van der Waals surface area contributed by atoms with Crippen LogP contribution in [0.3, 0.4) is 0 Å². The second-order valence-corrected chi connectivity index (χ2v) is 6.53. The zero-order valence-corrected chi connectivity index (χ0v) is 15.8. The zero-order valence-electron chi connectivity index (χ0n) is 15.8. The number of carbonyl (C=O) groups excluding carboxylic acids is 3. The predicted molar refractivity (Wildman–Crippen MR) is 104 cm³/mol. The first-order chi connectivity index (χ1) is 13.4. The van der Waals surface area contributed by atoms with E-state index in [9.17, 15) is 14.4 Å². The molecule has 3 rings (SSSR count). The van der Waals surface area contributed by atoms with Gasteiger partial charge in [0.1, 0.15) is 12.3 Å². The van der Waals surface area contributed by atoms with Gasteiger partial charge in [-0.1, -0.05) is 29.8 Å². The maximum Gasteiger partial charge on any atom is 0.310 e. The van der Waals surface area contributed by atoms with Crippen LogP contribution < -0.4 is 15.0 Å². The third kappa shape index (κ3) is 4.68. The van der Waals surface area contributed by atoms with E-state index in [4.69, 9.17) is 9.47 Å². The molecular weight excluding hydrogens is 360 g/mol. The van der Waals surface area contributed by atoms with E-state index in [2.05, 4.69) is 5.32 Å². The maximum atomic E-state index is 12.7. The van der Waals surface area contributed by atoms with Crippen LogP contribution >= 0.6 is 0 Å². The highest BCUT2D eigenvalue weighted by molar-refractivity contribution is 6.11. The fourth-order valence-corrected chi connectivity index (χ4v) is 2.84. The number of para-hydroxylation sites is 2. The largest absolute Gasteiger partial charge is 0.493 e. The normalized spacial score (nSPS) is 13.9. The van der Waals surface area contributed by atoms with Gasteiger partial charge in [-0.15, -0.1) is 0 Å². The summed E-state index contributed by atoms with van der Waals surface area (Å²) in [5.74, 6) is -0.617. The summed E-state index contributed by atoms with van der Waals surface area (Å²) in [6.07, 6.45) is -0.992. The molecular formula is C21H22N2O5. The lowest BCUT2D eigenvalue weighted by atomic mass is 10.1. The van der Waals surface area contributed by atoms with Crippen LogP contribution in [0.4, 0.5) is 11.4 Å². The number of benzene rings is 2. The highest BCUT2D eigenvalue weighted by atomic mass is 16.6. The van der Waals surface area contributed by atoms with E-state index in [1.165, 1.54) is 11.8 Å². The van der Waals surface area contributed by atoms with Crippen molar-refractivity contribution in [2.24, 2.45) is 0 Å². The molecule has 28 heavy (non-hydrogen) atoms. The number of rotatable bonds is 6. The molecule has 0 unspecified atom stereocenters. The maximum absolute atomic E-state index is 12.7. The summed E-state index contributed by atoms with van der Waals surface area (Å²) in [6, 6.07) is 14.5. The monoisotopic (exact) mass is 382 g/mol. The van der Waals surface area contributed by atoms with Crippen LogP contribution in [0.15, 0.2) is 48.5 Å². The van der Waals surface area contributed by atoms with Crippen molar-refractivity contribution in [1.82, 2.24) is 0 Å². The van der Waals surface area contributed by atoms with Crippen molar-refractivity contribution in [1.29, 1.82) is 0 Å². The third-order valence-corrected chi connectivity index (χ3v) is 4.29. The first kappa shape index (κ1) is 19.4. The number of amides is 2. The zero-order chi connectivity index (χ0) is 20.1. The molecule has 1 heterocycles. The molecule has 0 radical (unpaired) electrons. The van der Waals surface area contributed by atoms with Crippen LogP contribution in [0, 0.1) is 6.92 Å². The first-order valence-corrected chi connectivity index (χ1v) is 9.03. The van der Waals surface area contributed by atoms with Crippen LogP contribution in [0.5, 0.6) is 5.75 Å². The molecule has 2 amide bonds. The van der Waals surface area contributed by atoms with E-state index in [-0.39, 0.29) is 25.5 Å². The SMILES string of the molecule is Cc1ccc(OCCC(=O)O[C@@H](C)C(=O)N2CC(=O)Nc3ccccc32)cc1. The van der Waals surface area contributed by atoms with E-state index in [1.807, 2.05) is 31.2 Å². The number of ether oxygens (including phenoxy) is 2. The number of fused-ring (bicyclic) bond motifs is 1. The van der Waals surface area contributed by atoms with Gasteiger partial charge in [-0.2, -0.15) is 0 Å². The number of nitrogens with one attached hydrogen (secondary N) is 1. The van der Waals surface area contributed by atoms with E-state index in [0.717, 1.165) is 5.56 Å². The van der Waals surface area contributed by atoms with Crippen LogP contribution in [0.2, 0.25) is 0 Å². The Labute approximate surface area is 163 Å². The molecule has 0 saturated carbocycles. The van der Waals surface area contributed by atoms with Gasteiger partial charge in [0.05, 0.1) is 24.4 Å². The Morgan fingerprint density at radius 1 is 1.14 bits per heavy atom. The fraction of sp³-hybridized carbons (Fsp3) is 0.286. The minimum absolute atomic E-state index is 0.0164. The number of hydrogen-bond donors (Lipinski definition) is 1. The average Bonchev–Trinajstić information content (AvgIpc) is 2.68. The molecule has 7 nitrogen and oxygen atoms in total. The van der Waals surface area contributed by atoms with Crippen molar-refractivity contribution >= 4 is 29.2 Å².